The van der Waals surface area contributed by atoms with Crippen molar-refractivity contribution in [3.05, 3.63) is 0 Å². The Bertz CT molecular complexity index is 225. The third kappa shape index (κ3) is 1.77. The lowest BCUT2D eigenvalue weighted by atomic mass is 10.4. The van der Waals surface area contributed by atoms with Crippen LogP contribution >= 0.6 is 0 Å². The van der Waals surface area contributed by atoms with Gasteiger partial charge in [-0.25, -0.2) is 4.79 Å². The van der Waals surface area contributed by atoms with Crippen LogP contribution in [0.2, 0.25) is 0 Å². The maximum atomic E-state index is 11.6. The molecule has 0 aliphatic carbocycles. The maximum absolute atomic E-state index is 11.6. The summed E-state index contributed by atoms with van der Waals surface area (Å²) in [6, 6.07) is -0.0513. The molecule has 2 rings (SSSR count). The van der Waals surface area contributed by atoms with Crippen molar-refractivity contribution in [2.45, 2.75) is 0 Å². The van der Waals surface area contributed by atoms with Gasteiger partial charge in [0, 0.05) is 13.1 Å². The molecule has 0 aromatic heterocycles. The van der Waals surface area contributed by atoms with E-state index in [0.29, 0.717) is 39.4 Å². The molecule has 6 heteroatoms. The average molecular weight is 184 g/mol. The zero-order valence-electron chi connectivity index (χ0n) is 7.35. The highest BCUT2D eigenvalue weighted by Crippen LogP contribution is 2.07. The van der Waals surface area contributed by atoms with Crippen LogP contribution in [0.3, 0.4) is 0 Å². The predicted molar refractivity (Wildman–Crippen MR) is 44.2 cm³/mol. The van der Waals surface area contributed by atoms with Gasteiger partial charge in [0.05, 0.1) is 26.3 Å². The summed E-state index contributed by atoms with van der Waals surface area (Å²) in [6.07, 6.45) is 0. The first-order valence-corrected chi connectivity index (χ1v) is 4.39. The lowest BCUT2D eigenvalue weighted by Gasteiger charge is -2.28. The molecule has 0 bridgehead atoms. The van der Waals surface area contributed by atoms with Gasteiger partial charge < -0.3 is 9.64 Å². The van der Waals surface area contributed by atoms with Crippen molar-refractivity contribution in [1.29, 1.82) is 0 Å². The molecule has 2 amide bonds. The van der Waals surface area contributed by atoms with E-state index in [1.54, 1.807) is 4.90 Å². The molecule has 1 saturated heterocycles. The Labute approximate surface area is 76.1 Å². The molecule has 0 radical (unpaired) electrons. The molecule has 0 saturated carbocycles. The summed E-state index contributed by atoms with van der Waals surface area (Å²) in [5.41, 5.74) is 0. The zero-order valence-corrected chi connectivity index (χ0v) is 7.35. The molecule has 2 aliphatic heterocycles. The number of ether oxygens (including phenoxy) is 1. The quantitative estimate of drug-likeness (QED) is 0.537. The maximum Gasteiger partial charge on any atom is 0.342 e. The summed E-state index contributed by atoms with van der Waals surface area (Å²) in [7, 11) is 0. The second-order valence-electron chi connectivity index (χ2n) is 2.96. The first-order valence-electron chi connectivity index (χ1n) is 4.39. The molecule has 0 aromatic rings. The Hall–Kier alpha value is -1.17. The number of hydrogen-bond donors (Lipinski definition) is 0. The van der Waals surface area contributed by atoms with Gasteiger partial charge in [0.2, 0.25) is 0 Å². The lowest BCUT2D eigenvalue weighted by molar-refractivity contribution is 0.0444. The smallest absolute Gasteiger partial charge is 0.342 e. The normalized spacial score (nSPS) is 22.5. The van der Waals surface area contributed by atoms with Crippen LogP contribution in [0.5, 0.6) is 0 Å². The summed E-state index contributed by atoms with van der Waals surface area (Å²) in [4.78, 5) is 13.4. The third-order valence-electron chi connectivity index (χ3n) is 2.09. The summed E-state index contributed by atoms with van der Waals surface area (Å²) in [5, 5.41) is 8.90. The summed E-state index contributed by atoms with van der Waals surface area (Å²) in [6.45, 7) is 3.79. The molecule has 1 fully saturated rings. The standard InChI is InChI=1S/C7H12N4O2/c12-7(11-2-1-8-9-11)10-3-5-13-6-4-10/h1-6H2. The SMILES string of the molecule is O=C(N1CCOCC1)N1CCN=N1. The summed E-state index contributed by atoms with van der Waals surface area (Å²) in [5.74, 6) is 0. The van der Waals surface area contributed by atoms with Gasteiger partial charge in [-0.05, 0) is 0 Å². The fraction of sp³-hybridized carbons (Fsp3) is 0.857. The molecule has 2 heterocycles. The number of rotatable bonds is 0. The fourth-order valence-corrected chi connectivity index (χ4v) is 1.36. The highest BCUT2D eigenvalue weighted by molar-refractivity contribution is 5.74. The van der Waals surface area contributed by atoms with Gasteiger partial charge in [0.15, 0.2) is 0 Å². The van der Waals surface area contributed by atoms with Gasteiger partial charge in [-0.1, -0.05) is 5.22 Å². The van der Waals surface area contributed by atoms with Crippen molar-refractivity contribution >= 4 is 6.03 Å². The Morgan fingerprint density at radius 3 is 2.62 bits per heavy atom. The summed E-state index contributed by atoms with van der Waals surface area (Å²) >= 11 is 0. The van der Waals surface area contributed by atoms with Gasteiger partial charge in [-0.3, -0.25) is 0 Å². The highest BCUT2D eigenvalue weighted by Gasteiger charge is 2.24. The lowest BCUT2D eigenvalue weighted by Crippen LogP contribution is -2.46. The van der Waals surface area contributed by atoms with Crippen molar-refractivity contribution in [2.75, 3.05) is 39.4 Å². The van der Waals surface area contributed by atoms with E-state index in [9.17, 15) is 4.79 Å². The zero-order chi connectivity index (χ0) is 9.10. The van der Waals surface area contributed by atoms with Crippen LogP contribution in [0.4, 0.5) is 4.79 Å². The number of carbonyl (C=O) groups excluding carboxylic acids is 1. The van der Waals surface area contributed by atoms with Crippen molar-refractivity contribution in [3.63, 3.8) is 0 Å². The molecule has 0 N–H and O–H groups in total. The van der Waals surface area contributed by atoms with Crippen molar-refractivity contribution in [2.24, 2.45) is 10.3 Å². The minimum absolute atomic E-state index is 0.0513. The molecule has 72 valence electrons. The van der Waals surface area contributed by atoms with Crippen molar-refractivity contribution < 1.29 is 9.53 Å². The van der Waals surface area contributed by atoms with Gasteiger partial charge in [-0.15, -0.1) is 0 Å². The van der Waals surface area contributed by atoms with Crippen LogP contribution in [0.1, 0.15) is 0 Å². The molecule has 0 spiro atoms. The van der Waals surface area contributed by atoms with E-state index in [0.717, 1.165) is 0 Å². The average Bonchev–Trinajstić information content (AvgIpc) is 2.71. The fourth-order valence-electron chi connectivity index (χ4n) is 1.36. The van der Waals surface area contributed by atoms with E-state index in [1.165, 1.54) is 5.01 Å². The second kappa shape index (κ2) is 3.69. The Balaban J connectivity index is 1.91. The molecule has 13 heavy (non-hydrogen) atoms. The van der Waals surface area contributed by atoms with Gasteiger partial charge in [-0.2, -0.15) is 10.1 Å². The van der Waals surface area contributed by atoms with E-state index >= 15 is 0 Å². The van der Waals surface area contributed by atoms with E-state index < -0.39 is 0 Å². The van der Waals surface area contributed by atoms with Gasteiger partial charge in [0.25, 0.3) is 0 Å². The Morgan fingerprint density at radius 1 is 1.23 bits per heavy atom. The van der Waals surface area contributed by atoms with Crippen LogP contribution in [0.25, 0.3) is 0 Å². The molecular formula is C7H12N4O2. The second-order valence-corrected chi connectivity index (χ2v) is 2.96. The third-order valence-corrected chi connectivity index (χ3v) is 2.09. The molecular weight excluding hydrogens is 172 g/mol. The predicted octanol–water partition coefficient (Wildman–Crippen LogP) is 0.121. The largest absolute Gasteiger partial charge is 0.378 e. The number of amides is 2. The van der Waals surface area contributed by atoms with Crippen LogP contribution in [-0.4, -0.2) is 55.3 Å². The van der Waals surface area contributed by atoms with Crippen LogP contribution in [0.15, 0.2) is 10.3 Å². The van der Waals surface area contributed by atoms with E-state index in [1.807, 2.05) is 0 Å². The topological polar surface area (TPSA) is 57.5 Å². The van der Waals surface area contributed by atoms with Crippen molar-refractivity contribution in [3.8, 4) is 0 Å². The molecule has 0 atom stereocenters. The van der Waals surface area contributed by atoms with E-state index in [2.05, 4.69) is 10.3 Å². The van der Waals surface area contributed by atoms with E-state index in [4.69, 9.17) is 4.74 Å². The number of morpholine rings is 1. The minimum atomic E-state index is -0.0513. The minimum Gasteiger partial charge on any atom is -0.378 e. The van der Waals surface area contributed by atoms with E-state index in [-0.39, 0.29) is 6.03 Å². The number of carbonyl (C=O) groups is 1. The first kappa shape index (κ1) is 8.43. The molecule has 2 aliphatic rings. The van der Waals surface area contributed by atoms with Crippen LogP contribution < -0.4 is 0 Å². The monoisotopic (exact) mass is 184 g/mol. The first-order chi connectivity index (χ1) is 6.38. The molecule has 0 aromatic carbocycles. The molecule has 6 nitrogen and oxygen atoms in total. The number of nitrogens with zero attached hydrogens (tertiary/aromatic N) is 4. The van der Waals surface area contributed by atoms with Crippen molar-refractivity contribution in [1.82, 2.24) is 9.91 Å². The van der Waals surface area contributed by atoms with Gasteiger partial charge >= 0.3 is 6.03 Å². The number of urea groups is 1. The Morgan fingerprint density at radius 2 is 2.00 bits per heavy atom. The molecule has 0 unspecified atom stereocenters. The Kier molecular flexibility index (Phi) is 2.40. The van der Waals surface area contributed by atoms with Gasteiger partial charge in [0.1, 0.15) is 0 Å². The number of hydrogen-bond acceptors (Lipinski definition) is 4. The highest BCUT2D eigenvalue weighted by atomic mass is 16.5. The summed E-state index contributed by atoms with van der Waals surface area (Å²) < 4.78 is 5.15. The van der Waals surface area contributed by atoms with Crippen LogP contribution in [-0.2, 0) is 4.74 Å². The van der Waals surface area contributed by atoms with Crippen LogP contribution in [0, 0.1) is 0 Å².